The van der Waals surface area contributed by atoms with Gasteiger partial charge in [-0.1, -0.05) is 30.3 Å². The number of benzene rings is 2. The van der Waals surface area contributed by atoms with Gasteiger partial charge >= 0.3 is 5.97 Å². The smallest absolute Gasteiger partial charge is 0.335 e. The average Bonchev–Trinajstić information content (AvgIpc) is 2.68. The average molecular weight is 371 g/mol. The maximum atomic E-state index is 13.5. The number of aromatic carboxylic acids is 1. The Morgan fingerprint density at radius 1 is 1.07 bits per heavy atom. The molecule has 27 heavy (non-hydrogen) atoms. The zero-order valence-corrected chi connectivity index (χ0v) is 14.9. The molecule has 0 radical (unpaired) electrons. The zero-order valence-electron chi connectivity index (χ0n) is 14.9. The van der Waals surface area contributed by atoms with E-state index in [9.17, 15) is 19.1 Å². The third kappa shape index (κ3) is 4.84. The number of carbonyl (C=O) groups is 2. The first-order valence-corrected chi connectivity index (χ1v) is 9.01. The molecule has 1 heterocycles. The van der Waals surface area contributed by atoms with Crippen molar-refractivity contribution in [3.8, 4) is 5.75 Å². The minimum absolute atomic E-state index is 0.0750. The van der Waals surface area contributed by atoms with Crippen molar-refractivity contribution in [1.29, 1.82) is 0 Å². The maximum absolute atomic E-state index is 13.5. The molecule has 0 aromatic heterocycles. The molecule has 1 fully saturated rings. The zero-order chi connectivity index (χ0) is 19.2. The molecule has 0 unspecified atom stereocenters. The number of likely N-dealkylation sites (tertiary alicyclic amines) is 1. The predicted octanol–water partition coefficient (Wildman–Crippen LogP) is 3.38. The molecule has 0 spiro atoms. The molecule has 0 saturated carbocycles. The Balaban J connectivity index is 1.49. The van der Waals surface area contributed by atoms with Crippen molar-refractivity contribution in [3.05, 3.63) is 65.5 Å². The Hall–Kier alpha value is -2.89. The third-order valence-corrected chi connectivity index (χ3v) is 4.91. The van der Waals surface area contributed by atoms with Crippen LogP contribution >= 0.6 is 0 Å². The van der Waals surface area contributed by atoms with Crippen LogP contribution < -0.4 is 4.74 Å². The van der Waals surface area contributed by atoms with Gasteiger partial charge in [0.15, 0.2) is 18.2 Å². The topological polar surface area (TPSA) is 66.8 Å². The van der Waals surface area contributed by atoms with E-state index >= 15 is 0 Å². The van der Waals surface area contributed by atoms with Crippen molar-refractivity contribution in [3.63, 3.8) is 0 Å². The molecule has 2 aromatic rings. The predicted molar refractivity (Wildman–Crippen MR) is 98.3 cm³/mol. The third-order valence-electron chi connectivity index (χ3n) is 4.91. The van der Waals surface area contributed by atoms with Crippen LogP contribution in [0, 0.1) is 11.7 Å². The fourth-order valence-corrected chi connectivity index (χ4v) is 3.40. The van der Waals surface area contributed by atoms with Crippen molar-refractivity contribution >= 4 is 11.9 Å². The second-order valence-corrected chi connectivity index (χ2v) is 6.71. The van der Waals surface area contributed by atoms with Crippen molar-refractivity contribution in [2.45, 2.75) is 19.3 Å². The highest BCUT2D eigenvalue weighted by Crippen LogP contribution is 2.24. The van der Waals surface area contributed by atoms with Crippen LogP contribution in [0.2, 0.25) is 0 Å². The van der Waals surface area contributed by atoms with E-state index < -0.39 is 11.8 Å². The second kappa shape index (κ2) is 8.66. The minimum Gasteiger partial charge on any atom is -0.481 e. The molecule has 3 rings (SSSR count). The van der Waals surface area contributed by atoms with Gasteiger partial charge in [-0.05, 0) is 48.9 Å². The molecule has 0 bridgehead atoms. The summed E-state index contributed by atoms with van der Waals surface area (Å²) in [7, 11) is 0. The quantitative estimate of drug-likeness (QED) is 0.845. The number of halogens is 1. The number of rotatable bonds is 6. The Kier molecular flexibility index (Phi) is 6.06. The molecule has 5 nitrogen and oxygen atoms in total. The van der Waals surface area contributed by atoms with E-state index in [1.165, 1.54) is 12.1 Å². The molecule has 1 saturated heterocycles. The van der Waals surface area contributed by atoms with Crippen LogP contribution in [-0.2, 0) is 11.2 Å². The van der Waals surface area contributed by atoms with Gasteiger partial charge in [0.2, 0.25) is 0 Å². The van der Waals surface area contributed by atoms with Crippen molar-refractivity contribution < 1.29 is 23.8 Å². The summed E-state index contributed by atoms with van der Waals surface area (Å²) in [5, 5.41) is 9.29. The second-order valence-electron chi connectivity index (χ2n) is 6.71. The summed E-state index contributed by atoms with van der Waals surface area (Å²) in [5.74, 6) is -1.15. The van der Waals surface area contributed by atoms with Gasteiger partial charge in [-0.25, -0.2) is 9.18 Å². The lowest BCUT2D eigenvalue weighted by Crippen LogP contribution is -2.41. The van der Waals surface area contributed by atoms with E-state index in [1.807, 2.05) is 12.1 Å². The van der Waals surface area contributed by atoms with Crippen LogP contribution in [0.3, 0.4) is 0 Å². The number of para-hydroxylation sites is 1. The molecule has 1 N–H and O–H groups in total. The maximum Gasteiger partial charge on any atom is 0.335 e. The van der Waals surface area contributed by atoms with E-state index in [2.05, 4.69) is 0 Å². The number of amides is 1. The van der Waals surface area contributed by atoms with Crippen LogP contribution in [0.15, 0.2) is 48.5 Å². The highest BCUT2D eigenvalue weighted by molar-refractivity contribution is 5.89. The van der Waals surface area contributed by atoms with Crippen molar-refractivity contribution in [1.82, 2.24) is 4.90 Å². The number of piperidine rings is 1. The number of nitrogens with zero attached hydrogens (tertiary/aromatic N) is 1. The van der Waals surface area contributed by atoms with E-state index in [-0.39, 0.29) is 18.3 Å². The Morgan fingerprint density at radius 3 is 2.44 bits per heavy atom. The highest BCUT2D eigenvalue weighted by atomic mass is 19.1. The van der Waals surface area contributed by atoms with Crippen LogP contribution in [0.4, 0.5) is 4.39 Å². The number of hydrogen-bond donors (Lipinski definition) is 1. The molecule has 6 heteroatoms. The fraction of sp³-hybridized carbons (Fsp3) is 0.333. The summed E-state index contributed by atoms with van der Waals surface area (Å²) in [6, 6.07) is 13.1. The largest absolute Gasteiger partial charge is 0.481 e. The highest BCUT2D eigenvalue weighted by Gasteiger charge is 2.24. The summed E-state index contributed by atoms with van der Waals surface area (Å²) >= 11 is 0. The monoisotopic (exact) mass is 371 g/mol. The van der Waals surface area contributed by atoms with Crippen LogP contribution in [0.5, 0.6) is 5.75 Å². The van der Waals surface area contributed by atoms with E-state index in [1.54, 1.807) is 29.2 Å². The van der Waals surface area contributed by atoms with Gasteiger partial charge in [-0.15, -0.1) is 0 Å². The van der Waals surface area contributed by atoms with E-state index in [0.29, 0.717) is 31.0 Å². The van der Waals surface area contributed by atoms with Gasteiger partial charge in [-0.2, -0.15) is 0 Å². The summed E-state index contributed by atoms with van der Waals surface area (Å²) in [4.78, 5) is 25.3. The lowest BCUT2D eigenvalue weighted by Gasteiger charge is -2.32. The molecule has 1 amide bonds. The number of carboxylic acid groups (broad SMARTS) is 1. The molecular formula is C21H22FNO4. The number of carbonyl (C=O) groups excluding carboxylic acids is 1. The van der Waals surface area contributed by atoms with E-state index in [0.717, 1.165) is 18.4 Å². The summed E-state index contributed by atoms with van der Waals surface area (Å²) in [6.07, 6.45) is 2.30. The Morgan fingerprint density at radius 2 is 1.74 bits per heavy atom. The summed E-state index contributed by atoms with van der Waals surface area (Å²) in [5.41, 5.74) is 1.17. The molecule has 2 aromatic carbocycles. The van der Waals surface area contributed by atoms with Crippen molar-refractivity contribution in [2.75, 3.05) is 19.7 Å². The number of hydrogen-bond acceptors (Lipinski definition) is 3. The molecule has 0 atom stereocenters. The van der Waals surface area contributed by atoms with Crippen LogP contribution in [0.25, 0.3) is 0 Å². The van der Waals surface area contributed by atoms with Gasteiger partial charge in [0.25, 0.3) is 5.91 Å². The molecule has 142 valence electrons. The lowest BCUT2D eigenvalue weighted by atomic mass is 9.88. The summed E-state index contributed by atoms with van der Waals surface area (Å²) in [6.45, 7) is 1.01. The molecule has 1 aliphatic heterocycles. The van der Waals surface area contributed by atoms with Gasteiger partial charge < -0.3 is 14.7 Å². The Labute approximate surface area is 157 Å². The standard InChI is InChI=1S/C21H22FNO4/c22-18-7-3-4-8-19(18)27-14-20(24)23-11-9-15(10-12-23)13-16-5-1-2-6-17(16)21(25)26/h1-8,15H,9-14H2,(H,25,26). The first-order chi connectivity index (χ1) is 13.0. The molecular weight excluding hydrogens is 349 g/mol. The van der Waals surface area contributed by atoms with Gasteiger partial charge in [0.1, 0.15) is 0 Å². The van der Waals surface area contributed by atoms with Gasteiger partial charge in [-0.3, -0.25) is 4.79 Å². The molecule has 1 aliphatic rings. The van der Waals surface area contributed by atoms with Gasteiger partial charge in [0.05, 0.1) is 5.56 Å². The normalized spacial score (nSPS) is 14.8. The van der Waals surface area contributed by atoms with E-state index in [4.69, 9.17) is 4.74 Å². The SMILES string of the molecule is O=C(O)c1ccccc1CC1CCN(C(=O)COc2ccccc2F)CC1. The minimum atomic E-state index is -0.913. The first kappa shape index (κ1) is 18.9. The fourth-order valence-electron chi connectivity index (χ4n) is 3.40. The number of carboxylic acids is 1. The first-order valence-electron chi connectivity index (χ1n) is 9.01. The number of ether oxygens (including phenoxy) is 1. The van der Waals surface area contributed by atoms with Crippen LogP contribution in [0.1, 0.15) is 28.8 Å². The molecule has 0 aliphatic carbocycles. The van der Waals surface area contributed by atoms with Gasteiger partial charge in [0, 0.05) is 13.1 Å². The summed E-state index contributed by atoms with van der Waals surface area (Å²) < 4.78 is 18.8. The van der Waals surface area contributed by atoms with Crippen molar-refractivity contribution in [2.24, 2.45) is 5.92 Å². The van der Waals surface area contributed by atoms with Crippen LogP contribution in [-0.4, -0.2) is 41.6 Å². The lowest BCUT2D eigenvalue weighted by molar-refractivity contribution is -0.134. The Bertz CT molecular complexity index is 815.